The van der Waals surface area contributed by atoms with Crippen molar-refractivity contribution in [3.8, 4) is 0 Å². The Morgan fingerprint density at radius 3 is 2.77 bits per heavy atom. The van der Waals surface area contributed by atoms with Crippen LogP contribution in [0.5, 0.6) is 0 Å². The van der Waals surface area contributed by atoms with E-state index in [-0.39, 0.29) is 16.8 Å². The second-order valence-corrected chi connectivity index (χ2v) is 8.44. The highest BCUT2D eigenvalue weighted by Crippen LogP contribution is 2.43. The van der Waals surface area contributed by atoms with Gasteiger partial charge < -0.3 is 4.90 Å². The number of nitrogens with one attached hydrogen (secondary N) is 1. The molecule has 0 radical (unpaired) electrons. The van der Waals surface area contributed by atoms with Gasteiger partial charge in [-0.1, -0.05) is 13.0 Å². The molecule has 30 heavy (non-hydrogen) atoms. The first-order chi connectivity index (χ1) is 14.1. The summed E-state index contributed by atoms with van der Waals surface area (Å²) in [5.74, 6) is -0.0668. The zero-order valence-electron chi connectivity index (χ0n) is 18.1. The summed E-state index contributed by atoms with van der Waals surface area (Å²) in [5, 5.41) is 15.0. The Balaban J connectivity index is 1.82. The largest absolute Gasteiger partial charge is 0.366 e. The maximum Gasteiger partial charge on any atom is 0.271 e. The highest BCUT2D eigenvalue weighted by molar-refractivity contribution is 5.95. The SMILES string of the molecule is CCN1c2cc(C)c(/C=N\NC(=O)c3cccc([N+](=O)[O-])c3)cc2[C@H](C)CC1(C)C. The number of amides is 1. The number of nitro benzene ring substituents is 1. The minimum Gasteiger partial charge on any atom is -0.366 e. The Morgan fingerprint density at radius 2 is 2.10 bits per heavy atom. The van der Waals surface area contributed by atoms with Crippen LogP contribution in [0.25, 0.3) is 0 Å². The van der Waals surface area contributed by atoms with Crippen molar-refractivity contribution in [3.63, 3.8) is 0 Å². The maximum absolute atomic E-state index is 12.3. The topological polar surface area (TPSA) is 87.8 Å². The van der Waals surface area contributed by atoms with Crippen LogP contribution in [0, 0.1) is 17.0 Å². The first-order valence-corrected chi connectivity index (χ1v) is 10.1. The van der Waals surface area contributed by atoms with E-state index < -0.39 is 10.8 Å². The van der Waals surface area contributed by atoms with E-state index >= 15 is 0 Å². The monoisotopic (exact) mass is 408 g/mol. The summed E-state index contributed by atoms with van der Waals surface area (Å²) in [6.45, 7) is 12.0. The molecule has 0 fully saturated rings. The van der Waals surface area contributed by atoms with Gasteiger partial charge in [-0.05, 0) is 74.9 Å². The molecule has 2 aromatic rings. The number of anilines is 1. The molecule has 7 nitrogen and oxygen atoms in total. The third kappa shape index (κ3) is 4.20. The smallest absolute Gasteiger partial charge is 0.271 e. The number of benzene rings is 2. The van der Waals surface area contributed by atoms with Crippen molar-refractivity contribution in [3.05, 3.63) is 68.8 Å². The van der Waals surface area contributed by atoms with Gasteiger partial charge in [0.15, 0.2) is 0 Å². The van der Waals surface area contributed by atoms with Crippen molar-refractivity contribution in [1.82, 2.24) is 5.43 Å². The molecule has 1 N–H and O–H groups in total. The molecule has 1 aliphatic heterocycles. The average molecular weight is 409 g/mol. The molecule has 1 amide bonds. The average Bonchev–Trinajstić information content (AvgIpc) is 2.68. The van der Waals surface area contributed by atoms with Crippen molar-refractivity contribution >= 4 is 23.5 Å². The van der Waals surface area contributed by atoms with Crippen LogP contribution in [-0.2, 0) is 0 Å². The normalized spacial score (nSPS) is 17.6. The third-order valence-electron chi connectivity index (χ3n) is 5.78. The maximum atomic E-state index is 12.3. The summed E-state index contributed by atoms with van der Waals surface area (Å²) in [6, 6.07) is 9.92. The number of carbonyl (C=O) groups is 1. The molecule has 0 saturated carbocycles. The van der Waals surface area contributed by atoms with E-state index in [0.717, 1.165) is 24.1 Å². The standard InChI is InChI=1S/C23H28N4O3/c1-6-26-21-10-15(2)18(12-20(21)16(3)13-23(26,4)5)14-24-25-22(28)17-8-7-9-19(11-17)27(29)30/h7-12,14,16H,6,13H2,1-5H3,(H,25,28)/b24-14-/t16-/m1/s1. The minimum absolute atomic E-state index is 0.107. The summed E-state index contributed by atoms with van der Waals surface area (Å²) in [4.78, 5) is 25.1. The van der Waals surface area contributed by atoms with Crippen molar-refractivity contribution < 1.29 is 9.72 Å². The van der Waals surface area contributed by atoms with Crippen LogP contribution in [-0.4, -0.2) is 29.1 Å². The molecule has 7 heteroatoms. The van der Waals surface area contributed by atoms with Gasteiger partial charge in [-0.25, -0.2) is 5.43 Å². The second kappa shape index (κ2) is 8.26. The molecule has 0 aromatic heterocycles. The molecule has 158 valence electrons. The van der Waals surface area contributed by atoms with Crippen LogP contribution < -0.4 is 10.3 Å². The van der Waals surface area contributed by atoms with Crippen LogP contribution in [0.1, 0.15) is 67.1 Å². The number of nitrogens with zero attached hydrogens (tertiary/aromatic N) is 3. The summed E-state index contributed by atoms with van der Waals surface area (Å²) in [7, 11) is 0. The third-order valence-corrected chi connectivity index (χ3v) is 5.78. The predicted molar refractivity (Wildman–Crippen MR) is 119 cm³/mol. The van der Waals surface area contributed by atoms with Crippen LogP contribution in [0.15, 0.2) is 41.5 Å². The van der Waals surface area contributed by atoms with Crippen molar-refractivity contribution in [1.29, 1.82) is 0 Å². The van der Waals surface area contributed by atoms with E-state index in [4.69, 9.17) is 0 Å². The van der Waals surface area contributed by atoms with Gasteiger partial charge in [0.1, 0.15) is 0 Å². The summed E-state index contributed by atoms with van der Waals surface area (Å²) >= 11 is 0. The molecule has 0 spiro atoms. The quantitative estimate of drug-likeness (QED) is 0.438. The lowest BCUT2D eigenvalue weighted by molar-refractivity contribution is -0.384. The number of hydrogen-bond acceptors (Lipinski definition) is 5. The van der Waals surface area contributed by atoms with E-state index in [1.807, 2.05) is 6.92 Å². The van der Waals surface area contributed by atoms with E-state index in [1.165, 1.54) is 35.5 Å². The van der Waals surface area contributed by atoms with E-state index in [9.17, 15) is 14.9 Å². The molecule has 1 atom stereocenters. The Hall–Kier alpha value is -3.22. The minimum atomic E-state index is -0.529. The molecule has 1 aliphatic rings. The number of nitro groups is 1. The molecule has 0 bridgehead atoms. The van der Waals surface area contributed by atoms with Crippen LogP contribution >= 0.6 is 0 Å². The van der Waals surface area contributed by atoms with Crippen molar-refractivity contribution in [2.24, 2.45) is 5.10 Å². The zero-order valence-corrected chi connectivity index (χ0v) is 18.1. The van der Waals surface area contributed by atoms with Gasteiger partial charge in [0.05, 0.1) is 11.1 Å². The fraction of sp³-hybridized carbons (Fsp3) is 0.391. The number of aryl methyl sites for hydroxylation is 1. The molecule has 1 heterocycles. The van der Waals surface area contributed by atoms with Crippen LogP contribution in [0.4, 0.5) is 11.4 Å². The lowest BCUT2D eigenvalue weighted by Crippen LogP contribution is -2.48. The number of non-ortho nitro benzene ring substituents is 1. The molecular weight excluding hydrogens is 380 g/mol. The zero-order chi connectivity index (χ0) is 22.1. The highest BCUT2D eigenvalue weighted by atomic mass is 16.6. The van der Waals surface area contributed by atoms with E-state index in [0.29, 0.717) is 5.92 Å². The Morgan fingerprint density at radius 1 is 1.37 bits per heavy atom. The van der Waals surface area contributed by atoms with Gasteiger partial charge in [0.25, 0.3) is 11.6 Å². The summed E-state index contributed by atoms with van der Waals surface area (Å²) in [5.41, 5.74) is 7.19. The Kier molecular flexibility index (Phi) is 5.92. The molecule has 0 unspecified atom stereocenters. The van der Waals surface area contributed by atoms with Gasteiger partial charge in [-0.3, -0.25) is 14.9 Å². The highest BCUT2D eigenvalue weighted by Gasteiger charge is 2.35. The number of rotatable bonds is 5. The van der Waals surface area contributed by atoms with Crippen molar-refractivity contribution in [2.45, 2.75) is 52.5 Å². The Bertz CT molecular complexity index is 1010. The fourth-order valence-electron chi connectivity index (χ4n) is 4.37. The first-order valence-electron chi connectivity index (χ1n) is 10.1. The summed E-state index contributed by atoms with van der Waals surface area (Å²) < 4.78 is 0. The van der Waals surface area contributed by atoms with Gasteiger partial charge in [-0.15, -0.1) is 0 Å². The fourth-order valence-corrected chi connectivity index (χ4v) is 4.37. The van der Waals surface area contributed by atoms with Crippen LogP contribution in [0.2, 0.25) is 0 Å². The van der Waals surface area contributed by atoms with Gasteiger partial charge in [-0.2, -0.15) is 5.10 Å². The van der Waals surface area contributed by atoms with Crippen molar-refractivity contribution in [2.75, 3.05) is 11.4 Å². The Labute approximate surface area is 176 Å². The second-order valence-electron chi connectivity index (χ2n) is 8.44. The molecule has 0 saturated heterocycles. The first kappa shape index (κ1) is 21.5. The molecule has 2 aromatic carbocycles. The predicted octanol–water partition coefficient (Wildman–Crippen LogP) is 4.78. The molecule has 3 rings (SSSR count). The lowest BCUT2D eigenvalue weighted by atomic mass is 9.79. The van der Waals surface area contributed by atoms with Gasteiger partial charge in [0.2, 0.25) is 0 Å². The molecular formula is C23H28N4O3. The number of hydrogen-bond donors (Lipinski definition) is 1. The van der Waals surface area contributed by atoms with Gasteiger partial charge >= 0.3 is 0 Å². The molecule has 0 aliphatic carbocycles. The lowest BCUT2D eigenvalue weighted by Gasteiger charge is -2.47. The van der Waals surface area contributed by atoms with Gasteiger partial charge in [0, 0.05) is 35.5 Å². The van der Waals surface area contributed by atoms with Crippen LogP contribution in [0.3, 0.4) is 0 Å². The van der Waals surface area contributed by atoms with E-state index in [2.05, 4.69) is 55.3 Å². The summed E-state index contributed by atoms with van der Waals surface area (Å²) in [6.07, 6.45) is 2.70. The number of fused-ring (bicyclic) bond motifs is 1. The number of carbonyl (C=O) groups excluding carboxylic acids is 1. The van der Waals surface area contributed by atoms with E-state index in [1.54, 1.807) is 6.21 Å². The number of hydrazone groups is 1.